The molecule has 1 unspecified atom stereocenters. The molecule has 0 saturated carbocycles. The number of amides is 1. The van der Waals surface area contributed by atoms with Gasteiger partial charge in [0.05, 0.1) is 18.9 Å². The van der Waals surface area contributed by atoms with Gasteiger partial charge in [0.15, 0.2) is 0 Å². The third-order valence-electron chi connectivity index (χ3n) is 2.39. The monoisotopic (exact) mass is 345 g/mol. The predicted molar refractivity (Wildman–Crippen MR) is 81.6 cm³/mol. The largest absolute Gasteiger partial charge is 0.495 e. The fourth-order valence-corrected chi connectivity index (χ4v) is 1.89. The molecular formula is C14H20BrNO4. The zero-order chi connectivity index (χ0) is 15.3. The standard InChI is InChI=1S/C14H20BrNO4/c1-14(2,3)20-13(18)16-10-6-5-9(11(17)8-15)7-12(10)19-4/h5-7,11,17H,8H2,1-4H3,(H,16,18). The number of carbonyl (C=O) groups excluding carboxylic acids is 1. The van der Waals surface area contributed by atoms with Crippen molar-refractivity contribution in [3.05, 3.63) is 23.8 Å². The summed E-state index contributed by atoms with van der Waals surface area (Å²) >= 11 is 3.21. The Morgan fingerprint density at radius 2 is 2.10 bits per heavy atom. The van der Waals surface area contributed by atoms with Gasteiger partial charge in [-0.2, -0.15) is 0 Å². The van der Waals surface area contributed by atoms with Crippen LogP contribution in [0.5, 0.6) is 5.75 Å². The number of aliphatic hydroxyl groups is 1. The van der Waals surface area contributed by atoms with Gasteiger partial charge in [0, 0.05) is 5.33 Å². The predicted octanol–water partition coefficient (Wildman–Crippen LogP) is 3.47. The molecule has 0 aliphatic rings. The second kappa shape index (κ2) is 6.95. The van der Waals surface area contributed by atoms with Gasteiger partial charge in [-0.3, -0.25) is 5.32 Å². The van der Waals surface area contributed by atoms with E-state index in [9.17, 15) is 9.90 Å². The van der Waals surface area contributed by atoms with E-state index < -0.39 is 17.8 Å². The zero-order valence-electron chi connectivity index (χ0n) is 12.1. The number of methoxy groups -OCH3 is 1. The van der Waals surface area contributed by atoms with Gasteiger partial charge in [0.1, 0.15) is 11.4 Å². The Kier molecular flexibility index (Phi) is 5.83. The van der Waals surface area contributed by atoms with Crippen LogP contribution in [0.25, 0.3) is 0 Å². The van der Waals surface area contributed by atoms with Crippen molar-refractivity contribution in [2.24, 2.45) is 0 Å². The van der Waals surface area contributed by atoms with Crippen molar-refractivity contribution in [1.29, 1.82) is 0 Å². The smallest absolute Gasteiger partial charge is 0.412 e. The minimum absolute atomic E-state index is 0.426. The second-order valence-corrected chi connectivity index (χ2v) is 5.90. The number of carbonyl (C=O) groups is 1. The number of hydrogen-bond acceptors (Lipinski definition) is 4. The first-order valence-electron chi connectivity index (χ1n) is 6.19. The Bertz CT molecular complexity index is 471. The van der Waals surface area contributed by atoms with E-state index in [-0.39, 0.29) is 0 Å². The number of aliphatic hydroxyl groups excluding tert-OH is 1. The van der Waals surface area contributed by atoms with Crippen LogP contribution < -0.4 is 10.1 Å². The maximum absolute atomic E-state index is 11.7. The highest BCUT2D eigenvalue weighted by molar-refractivity contribution is 9.09. The molecule has 0 saturated heterocycles. The Labute approximate surface area is 127 Å². The van der Waals surface area contributed by atoms with Crippen molar-refractivity contribution in [2.45, 2.75) is 32.5 Å². The lowest BCUT2D eigenvalue weighted by Crippen LogP contribution is -2.27. The molecule has 1 rings (SSSR count). The maximum Gasteiger partial charge on any atom is 0.412 e. The van der Waals surface area contributed by atoms with Gasteiger partial charge in [-0.1, -0.05) is 22.0 Å². The van der Waals surface area contributed by atoms with E-state index in [4.69, 9.17) is 9.47 Å². The van der Waals surface area contributed by atoms with Gasteiger partial charge in [-0.05, 0) is 38.5 Å². The Hall–Kier alpha value is -1.27. The summed E-state index contributed by atoms with van der Waals surface area (Å²) in [6.07, 6.45) is -1.18. The Morgan fingerprint density at radius 3 is 2.60 bits per heavy atom. The van der Waals surface area contributed by atoms with Crippen LogP contribution >= 0.6 is 15.9 Å². The minimum atomic E-state index is -0.625. The van der Waals surface area contributed by atoms with Crippen molar-refractivity contribution < 1.29 is 19.4 Å². The molecule has 2 N–H and O–H groups in total. The molecule has 1 aromatic carbocycles. The molecule has 0 aliphatic heterocycles. The molecule has 0 radical (unpaired) electrons. The third-order valence-corrected chi connectivity index (χ3v) is 3.01. The second-order valence-electron chi connectivity index (χ2n) is 5.26. The molecule has 0 bridgehead atoms. The summed E-state index contributed by atoms with van der Waals surface area (Å²) in [5.41, 5.74) is 0.629. The van der Waals surface area contributed by atoms with Crippen LogP contribution in [-0.2, 0) is 4.74 Å². The number of halogens is 1. The van der Waals surface area contributed by atoms with E-state index in [1.54, 1.807) is 39.0 Å². The highest BCUT2D eigenvalue weighted by atomic mass is 79.9. The van der Waals surface area contributed by atoms with E-state index >= 15 is 0 Å². The van der Waals surface area contributed by atoms with Crippen molar-refractivity contribution in [1.82, 2.24) is 0 Å². The number of anilines is 1. The molecule has 1 aromatic rings. The van der Waals surface area contributed by atoms with E-state index in [1.165, 1.54) is 7.11 Å². The first-order valence-corrected chi connectivity index (χ1v) is 7.31. The van der Waals surface area contributed by atoms with Crippen LogP contribution in [0, 0.1) is 0 Å². The molecule has 0 aliphatic carbocycles. The van der Waals surface area contributed by atoms with Crippen molar-refractivity contribution in [3.8, 4) is 5.75 Å². The quantitative estimate of drug-likeness (QED) is 0.820. The Morgan fingerprint density at radius 1 is 1.45 bits per heavy atom. The molecule has 0 spiro atoms. The van der Waals surface area contributed by atoms with Gasteiger partial charge in [-0.25, -0.2) is 4.79 Å². The van der Waals surface area contributed by atoms with Gasteiger partial charge in [0.2, 0.25) is 0 Å². The number of benzene rings is 1. The van der Waals surface area contributed by atoms with E-state index in [1.807, 2.05) is 0 Å². The van der Waals surface area contributed by atoms with Crippen molar-refractivity contribution in [3.63, 3.8) is 0 Å². The lowest BCUT2D eigenvalue weighted by atomic mass is 10.1. The topological polar surface area (TPSA) is 67.8 Å². The van der Waals surface area contributed by atoms with Crippen LogP contribution in [0.1, 0.15) is 32.4 Å². The molecule has 1 atom stereocenters. The van der Waals surface area contributed by atoms with Crippen LogP contribution in [-0.4, -0.2) is 29.2 Å². The molecular weight excluding hydrogens is 326 g/mol. The van der Waals surface area contributed by atoms with Crippen LogP contribution in [0.4, 0.5) is 10.5 Å². The fourth-order valence-electron chi connectivity index (χ4n) is 1.52. The van der Waals surface area contributed by atoms with E-state index in [2.05, 4.69) is 21.2 Å². The summed E-state index contributed by atoms with van der Waals surface area (Å²) < 4.78 is 10.4. The summed E-state index contributed by atoms with van der Waals surface area (Å²) in [6, 6.07) is 5.07. The van der Waals surface area contributed by atoms with Gasteiger partial charge >= 0.3 is 6.09 Å². The fraction of sp³-hybridized carbons (Fsp3) is 0.500. The zero-order valence-corrected chi connectivity index (χ0v) is 13.7. The lowest BCUT2D eigenvalue weighted by Gasteiger charge is -2.20. The molecule has 0 fully saturated rings. The summed E-state index contributed by atoms with van der Waals surface area (Å²) in [5.74, 6) is 0.466. The molecule has 5 nitrogen and oxygen atoms in total. The number of rotatable bonds is 4. The first-order chi connectivity index (χ1) is 9.26. The van der Waals surface area contributed by atoms with Crippen molar-refractivity contribution >= 4 is 27.7 Å². The summed E-state index contributed by atoms with van der Waals surface area (Å²) in [6.45, 7) is 5.37. The molecule has 20 heavy (non-hydrogen) atoms. The summed E-state index contributed by atoms with van der Waals surface area (Å²) in [5, 5.41) is 12.8. The summed E-state index contributed by atoms with van der Waals surface area (Å²) in [7, 11) is 1.50. The van der Waals surface area contributed by atoms with Gasteiger partial charge < -0.3 is 14.6 Å². The average molecular weight is 346 g/mol. The number of alkyl halides is 1. The minimum Gasteiger partial charge on any atom is -0.495 e. The number of nitrogens with one attached hydrogen (secondary N) is 1. The Balaban J connectivity index is 2.88. The van der Waals surface area contributed by atoms with Crippen LogP contribution in [0.3, 0.4) is 0 Å². The molecule has 6 heteroatoms. The molecule has 1 amide bonds. The SMILES string of the molecule is COc1cc(C(O)CBr)ccc1NC(=O)OC(C)(C)C. The third kappa shape index (κ3) is 5.02. The van der Waals surface area contributed by atoms with Crippen molar-refractivity contribution in [2.75, 3.05) is 17.8 Å². The first kappa shape index (κ1) is 16.8. The van der Waals surface area contributed by atoms with E-state index in [0.29, 0.717) is 22.3 Å². The highest BCUT2D eigenvalue weighted by Crippen LogP contribution is 2.29. The maximum atomic E-state index is 11.7. The average Bonchev–Trinajstić information content (AvgIpc) is 2.36. The van der Waals surface area contributed by atoms with Crippen LogP contribution in [0.15, 0.2) is 18.2 Å². The normalized spacial score (nSPS) is 12.7. The molecule has 0 heterocycles. The number of ether oxygens (including phenoxy) is 2. The number of hydrogen-bond donors (Lipinski definition) is 2. The van der Waals surface area contributed by atoms with Crippen LogP contribution in [0.2, 0.25) is 0 Å². The van der Waals surface area contributed by atoms with E-state index in [0.717, 1.165) is 0 Å². The highest BCUT2D eigenvalue weighted by Gasteiger charge is 2.18. The lowest BCUT2D eigenvalue weighted by molar-refractivity contribution is 0.0635. The van der Waals surface area contributed by atoms with Gasteiger partial charge in [0.25, 0.3) is 0 Å². The van der Waals surface area contributed by atoms with Gasteiger partial charge in [-0.15, -0.1) is 0 Å². The summed E-state index contributed by atoms with van der Waals surface area (Å²) in [4.78, 5) is 11.7. The molecule has 0 aromatic heterocycles. The molecule has 112 valence electrons.